The smallest absolute Gasteiger partial charge is 0.00203 e. The molecule has 40 heavy (non-hydrogen) atoms. The van der Waals surface area contributed by atoms with Gasteiger partial charge < -0.3 is 0 Å². The largest absolute Gasteiger partial charge is 0.0616 e. The maximum atomic E-state index is 2.33. The van der Waals surface area contributed by atoms with Gasteiger partial charge in [0, 0.05) is 0 Å². The fraction of sp³-hybridized carbons (Fsp3) is 0. The Morgan fingerprint density at radius 1 is 0.200 bits per heavy atom. The van der Waals surface area contributed by atoms with Crippen LogP contribution in [-0.4, -0.2) is 0 Å². The van der Waals surface area contributed by atoms with Crippen LogP contribution in [0.15, 0.2) is 146 Å². The molecule has 0 fully saturated rings. The Labute approximate surface area is 232 Å². The van der Waals surface area contributed by atoms with Crippen molar-refractivity contribution in [1.29, 1.82) is 0 Å². The van der Waals surface area contributed by atoms with Gasteiger partial charge in [-0.3, -0.25) is 0 Å². The van der Waals surface area contributed by atoms with Gasteiger partial charge in [0.2, 0.25) is 0 Å². The van der Waals surface area contributed by atoms with E-state index in [1.165, 1.54) is 86.9 Å². The highest BCUT2D eigenvalue weighted by atomic mass is 14.2. The number of hydrogen-bond acceptors (Lipinski definition) is 0. The zero-order valence-corrected chi connectivity index (χ0v) is 21.9. The molecule has 0 heteroatoms. The summed E-state index contributed by atoms with van der Waals surface area (Å²) in [6.45, 7) is 0. The molecule has 0 heterocycles. The first-order valence-corrected chi connectivity index (χ1v) is 13.9. The van der Waals surface area contributed by atoms with Crippen molar-refractivity contribution < 1.29 is 0 Å². The maximum Gasteiger partial charge on any atom is -0.00203 e. The average molecular weight is 505 g/mol. The van der Waals surface area contributed by atoms with Gasteiger partial charge in [-0.15, -0.1) is 0 Å². The molecule has 0 N–H and O–H groups in total. The fourth-order valence-electron chi connectivity index (χ4n) is 7.01. The number of benzene rings is 9. The number of rotatable bonds is 2. The van der Waals surface area contributed by atoms with Crippen molar-refractivity contribution in [2.75, 3.05) is 0 Å². The van der Waals surface area contributed by atoms with Gasteiger partial charge in [-0.05, 0) is 86.9 Å². The second-order valence-corrected chi connectivity index (χ2v) is 10.9. The summed E-state index contributed by atoms with van der Waals surface area (Å²) >= 11 is 0. The highest BCUT2D eigenvalue weighted by Crippen LogP contribution is 2.44. The van der Waals surface area contributed by atoms with E-state index in [9.17, 15) is 0 Å². The SMILES string of the molecule is c1ccc2c(-c3ccc4ccc5c(-c6cccc7c6ccc6ccccc67)ccc6ccc3c4c65)cccc2c1. The average Bonchev–Trinajstić information content (AvgIpc) is 3.03. The van der Waals surface area contributed by atoms with Gasteiger partial charge in [-0.2, -0.15) is 0 Å². The van der Waals surface area contributed by atoms with Crippen molar-refractivity contribution in [2.24, 2.45) is 0 Å². The highest BCUT2D eigenvalue weighted by Gasteiger charge is 2.17. The molecular weight excluding hydrogens is 480 g/mol. The van der Waals surface area contributed by atoms with Gasteiger partial charge in [0.15, 0.2) is 0 Å². The predicted octanol–water partition coefficient (Wildman–Crippen LogP) is 11.4. The van der Waals surface area contributed by atoms with E-state index in [-0.39, 0.29) is 0 Å². The Kier molecular flexibility index (Phi) is 4.42. The van der Waals surface area contributed by atoms with E-state index in [1.54, 1.807) is 0 Å². The first-order chi connectivity index (χ1) is 19.8. The normalized spacial score (nSPS) is 12.0. The van der Waals surface area contributed by atoms with Gasteiger partial charge in [0.05, 0.1) is 0 Å². The summed E-state index contributed by atoms with van der Waals surface area (Å²) in [6.07, 6.45) is 0. The molecule has 0 saturated heterocycles. The molecule has 9 aromatic rings. The van der Waals surface area contributed by atoms with Crippen molar-refractivity contribution in [3.05, 3.63) is 146 Å². The topological polar surface area (TPSA) is 0 Å². The molecular formula is C40H24. The molecule has 0 radical (unpaired) electrons. The lowest BCUT2D eigenvalue weighted by molar-refractivity contribution is 1.69. The van der Waals surface area contributed by atoms with E-state index in [0.717, 1.165) is 0 Å². The third-order valence-corrected chi connectivity index (χ3v) is 8.82. The van der Waals surface area contributed by atoms with E-state index in [4.69, 9.17) is 0 Å². The first kappa shape index (κ1) is 21.7. The number of fused-ring (bicyclic) bond motifs is 4. The zero-order chi connectivity index (χ0) is 26.2. The van der Waals surface area contributed by atoms with E-state index in [2.05, 4.69) is 146 Å². The molecule has 0 aromatic heterocycles. The molecule has 0 nitrogen and oxygen atoms in total. The van der Waals surface area contributed by atoms with E-state index in [1.807, 2.05) is 0 Å². The van der Waals surface area contributed by atoms with Crippen LogP contribution in [0.5, 0.6) is 0 Å². The first-order valence-electron chi connectivity index (χ1n) is 13.9. The molecule has 0 atom stereocenters. The van der Waals surface area contributed by atoms with Crippen molar-refractivity contribution in [2.45, 2.75) is 0 Å². The Morgan fingerprint density at radius 3 is 1.32 bits per heavy atom. The minimum atomic E-state index is 1.27. The summed E-state index contributed by atoms with van der Waals surface area (Å²) in [5.74, 6) is 0. The third-order valence-electron chi connectivity index (χ3n) is 8.82. The molecule has 0 spiro atoms. The van der Waals surface area contributed by atoms with Crippen LogP contribution in [0.3, 0.4) is 0 Å². The molecule has 0 aliphatic carbocycles. The third kappa shape index (κ3) is 2.96. The number of hydrogen-bond donors (Lipinski definition) is 0. The van der Waals surface area contributed by atoms with Crippen molar-refractivity contribution >= 4 is 64.6 Å². The standard InChI is InChI=1S/C40H24/c1-3-10-29-25(7-1)9-5-12-32(29)35-21-16-27-19-24-38-36(22-17-28-18-23-37(35)39(27)40(28)38)33-14-6-13-31-30-11-4-2-8-26(30)15-20-34(31)33/h1-24H. The van der Waals surface area contributed by atoms with Crippen LogP contribution >= 0.6 is 0 Å². The van der Waals surface area contributed by atoms with Crippen LogP contribution in [0, 0.1) is 0 Å². The van der Waals surface area contributed by atoms with Crippen molar-refractivity contribution in [3.8, 4) is 22.3 Å². The lowest BCUT2D eigenvalue weighted by atomic mass is 9.85. The summed E-state index contributed by atoms with van der Waals surface area (Å²) in [4.78, 5) is 0. The maximum absolute atomic E-state index is 2.33. The van der Waals surface area contributed by atoms with Crippen LogP contribution in [0.25, 0.3) is 86.9 Å². The molecule has 0 aliphatic rings. The Hall–Kier alpha value is -5.20. The second-order valence-electron chi connectivity index (χ2n) is 10.9. The van der Waals surface area contributed by atoms with Crippen LogP contribution in [-0.2, 0) is 0 Å². The molecule has 0 aliphatic heterocycles. The summed E-state index contributed by atoms with van der Waals surface area (Å²) in [7, 11) is 0. The summed E-state index contributed by atoms with van der Waals surface area (Å²) in [5, 5.41) is 15.7. The molecule has 0 unspecified atom stereocenters. The molecule has 184 valence electrons. The Morgan fingerprint density at radius 2 is 0.625 bits per heavy atom. The van der Waals surface area contributed by atoms with Crippen molar-refractivity contribution in [1.82, 2.24) is 0 Å². The zero-order valence-electron chi connectivity index (χ0n) is 21.9. The second kappa shape index (κ2) is 8.15. The van der Waals surface area contributed by atoms with Crippen LogP contribution in [0.2, 0.25) is 0 Å². The summed E-state index contributed by atoms with van der Waals surface area (Å²) in [5.41, 5.74) is 5.16. The van der Waals surface area contributed by atoms with Gasteiger partial charge in [-0.25, -0.2) is 0 Å². The van der Waals surface area contributed by atoms with Gasteiger partial charge in [0.25, 0.3) is 0 Å². The fourth-order valence-corrected chi connectivity index (χ4v) is 7.01. The van der Waals surface area contributed by atoms with Crippen molar-refractivity contribution in [3.63, 3.8) is 0 Å². The van der Waals surface area contributed by atoms with Crippen LogP contribution in [0.4, 0.5) is 0 Å². The highest BCUT2D eigenvalue weighted by molar-refractivity contribution is 6.29. The summed E-state index contributed by atoms with van der Waals surface area (Å²) < 4.78 is 0. The summed E-state index contributed by atoms with van der Waals surface area (Å²) in [6, 6.07) is 53.8. The van der Waals surface area contributed by atoms with Crippen LogP contribution in [0.1, 0.15) is 0 Å². The lowest BCUT2D eigenvalue weighted by Gasteiger charge is -2.18. The molecule has 9 aromatic carbocycles. The van der Waals surface area contributed by atoms with Gasteiger partial charge in [0.1, 0.15) is 0 Å². The van der Waals surface area contributed by atoms with Gasteiger partial charge in [-0.1, -0.05) is 146 Å². The van der Waals surface area contributed by atoms with Gasteiger partial charge >= 0.3 is 0 Å². The molecule has 0 saturated carbocycles. The lowest BCUT2D eigenvalue weighted by Crippen LogP contribution is -1.90. The van der Waals surface area contributed by atoms with E-state index >= 15 is 0 Å². The predicted molar refractivity (Wildman–Crippen MR) is 174 cm³/mol. The monoisotopic (exact) mass is 504 g/mol. The molecule has 9 rings (SSSR count). The Bertz CT molecular complexity index is 2420. The molecule has 0 bridgehead atoms. The Balaban J connectivity index is 1.37. The minimum absolute atomic E-state index is 1.27. The van der Waals surface area contributed by atoms with E-state index < -0.39 is 0 Å². The minimum Gasteiger partial charge on any atom is -0.0616 e. The van der Waals surface area contributed by atoms with Crippen LogP contribution < -0.4 is 0 Å². The van der Waals surface area contributed by atoms with E-state index in [0.29, 0.717) is 0 Å². The quantitative estimate of drug-likeness (QED) is 0.205. The molecule has 0 amide bonds.